The summed E-state index contributed by atoms with van der Waals surface area (Å²) in [6.45, 7) is 13.9. The molecular weight excluding hydrogens is 831 g/mol. The van der Waals surface area contributed by atoms with Gasteiger partial charge in [0.05, 0.1) is 11.4 Å². The molecule has 0 aromatic heterocycles. The molecule has 0 fully saturated rings. The first-order valence-corrected chi connectivity index (χ1v) is 24.3. The largest absolute Gasteiger partial charge is 0.309 e. The average molecular weight is 888 g/mol. The molecule has 0 atom stereocenters. The van der Waals surface area contributed by atoms with E-state index in [9.17, 15) is 0 Å². The fraction of sp³-hybridized carbons (Fsp3) is 0.118. The van der Waals surface area contributed by atoms with Crippen molar-refractivity contribution in [1.82, 2.24) is 0 Å². The molecule has 0 saturated carbocycles. The third-order valence-corrected chi connectivity index (χ3v) is 14.0. The predicted octanol–water partition coefficient (Wildman–Crippen LogP) is 19.5. The molecule has 11 aromatic carbocycles. The molecule has 0 saturated heterocycles. The fourth-order valence-corrected chi connectivity index (χ4v) is 10.2. The Morgan fingerprint density at radius 2 is 0.797 bits per heavy atom. The molecule has 11 aromatic rings. The normalized spacial score (nSPS) is 11.9. The van der Waals surface area contributed by atoms with Crippen LogP contribution >= 0.6 is 0 Å². The molecule has 0 spiro atoms. The summed E-state index contributed by atoms with van der Waals surface area (Å²) in [7, 11) is 0. The van der Waals surface area contributed by atoms with E-state index in [1.807, 2.05) is 0 Å². The van der Waals surface area contributed by atoms with E-state index in [0.717, 1.165) is 33.8 Å². The lowest BCUT2D eigenvalue weighted by Crippen LogP contribution is -2.16. The van der Waals surface area contributed by atoms with Crippen LogP contribution in [0, 0.1) is 0 Å². The highest BCUT2D eigenvalue weighted by Crippen LogP contribution is 2.49. The highest BCUT2D eigenvalue weighted by Gasteiger charge is 2.25. The van der Waals surface area contributed by atoms with Gasteiger partial charge in [-0.3, -0.25) is 0 Å². The van der Waals surface area contributed by atoms with Crippen molar-refractivity contribution in [3.8, 4) is 55.6 Å². The first kappa shape index (κ1) is 43.6. The number of benzene rings is 11. The molecule has 0 N–H and O–H groups in total. The second-order valence-electron chi connectivity index (χ2n) is 20.6. The van der Waals surface area contributed by atoms with Gasteiger partial charge < -0.3 is 4.90 Å². The zero-order valence-electron chi connectivity index (χ0n) is 40.5. The number of hydrogen-bond acceptors (Lipinski definition) is 1. The van der Waals surface area contributed by atoms with Crippen LogP contribution < -0.4 is 4.90 Å². The zero-order valence-corrected chi connectivity index (χ0v) is 40.5. The summed E-state index contributed by atoms with van der Waals surface area (Å²) in [5.41, 5.74) is 17.9. The summed E-state index contributed by atoms with van der Waals surface area (Å²) in [6, 6.07) is 87.7. The summed E-state index contributed by atoms with van der Waals surface area (Å²) in [4.78, 5) is 2.49. The van der Waals surface area contributed by atoms with E-state index in [4.69, 9.17) is 0 Å². The van der Waals surface area contributed by atoms with Crippen molar-refractivity contribution >= 4 is 49.4 Å². The van der Waals surface area contributed by atoms with Crippen LogP contribution in [0.4, 0.5) is 17.1 Å². The Bertz CT molecular complexity index is 3620. The molecule has 0 aliphatic heterocycles. The number of rotatable bonds is 8. The monoisotopic (exact) mass is 887 g/mol. The van der Waals surface area contributed by atoms with E-state index >= 15 is 0 Å². The maximum Gasteiger partial charge on any atom is 0.0540 e. The standard InChI is InChI=1S/C68H57N/c1-67(2,3)53-42-52(43-54(45-53)68(4,5)6)58-30-17-25-50-26-18-32-62(66(50)58)61-28-15-16-33-64(61)69(65-41-37-51(46-20-9-7-10-21-46)44-63(65)47-22-11-8-12-23-47)55-38-34-49(35-39-55)57-29-19-31-59-56-27-14-13-24-48(56)36-40-60(57)59/h7-45H,1-6H3. The molecular formula is C68H57N. The Kier molecular flexibility index (Phi) is 11.1. The molecule has 0 amide bonds. The minimum absolute atomic E-state index is 0.0133. The summed E-state index contributed by atoms with van der Waals surface area (Å²) >= 11 is 0. The van der Waals surface area contributed by atoms with E-state index < -0.39 is 0 Å². The summed E-state index contributed by atoms with van der Waals surface area (Å²) in [6.07, 6.45) is 0. The molecule has 0 aliphatic carbocycles. The van der Waals surface area contributed by atoms with E-state index in [1.165, 1.54) is 82.4 Å². The van der Waals surface area contributed by atoms with Gasteiger partial charge >= 0.3 is 0 Å². The SMILES string of the molecule is CC(C)(C)c1cc(-c2cccc3cccc(-c4ccccc4N(c4ccc(-c5cccc6c5ccc5ccccc56)cc4)c4ccc(-c5ccccc5)cc4-c4ccccc4)c23)cc(C(C)(C)C)c1. The van der Waals surface area contributed by atoms with Crippen molar-refractivity contribution in [2.45, 2.75) is 52.4 Å². The van der Waals surface area contributed by atoms with Crippen LogP contribution in [0.2, 0.25) is 0 Å². The highest BCUT2D eigenvalue weighted by atomic mass is 15.1. The van der Waals surface area contributed by atoms with Crippen molar-refractivity contribution < 1.29 is 0 Å². The number of fused-ring (bicyclic) bond motifs is 4. The zero-order chi connectivity index (χ0) is 47.3. The van der Waals surface area contributed by atoms with Gasteiger partial charge in [-0.15, -0.1) is 0 Å². The number of hydrogen-bond donors (Lipinski definition) is 0. The predicted molar refractivity (Wildman–Crippen MR) is 298 cm³/mol. The van der Waals surface area contributed by atoms with Gasteiger partial charge in [0.25, 0.3) is 0 Å². The third-order valence-electron chi connectivity index (χ3n) is 14.0. The Morgan fingerprint density at radius 1 is 0.275 bits per heavy atom. The topological polar surface area (TPSA) is 3.24 Å². The second-order valence-corrected chi connectivity index (χ2v) is 20.6. The van der Waals surface area contributed by atoms with Crippen molar-refractivity contribution in [2.24, 2.45) is 0 Å². The van der Waals surface area contributed by atoms with Gasteiger partial charge in [-0.25, -0.2) is 0 Å². The molecule has 0 unspecified atom stereocenters. The molecule has 11 rings (SSSR count). The van der Waals surface area contributed by atoms with Gasteiger partial charge in [0, 0.05) is 16.8 Å². The lowest BCUT2D eigenvalue weighted by Gasteiger charge is -2.31. The lowest BCUT2D eigenvalue weighted by atomic mass is 9.78. The average Bonchev–Trinajstić information content (AvgIpc) is 3.38. The number of anilines is 3. The van der Waals surface area contributed by atoms with Crippen LogP contribution in [0.15, 0.2) is 237 Å². The quantitative estimate of drug-likeness (QED) is 0.137. The van der Waals surface area contributed by atoms with Crippen LogP contribution in [0.25, 0.3) is 88.0 Å². The van der Waals surface area contributed by atoms with Crippen LogP contribution in [-0.2, 0) is 10.8 Å². The van der Waals surface area contributed by atoms with Crippen molar-refractivity contribution in [2.75, 3.05) is 4.90 Å². The van der Waals surface area contributed by atoms with Crippen molar-refractivity contribution in [1.29, 1.82) is 0 Å². The number of para-hydroxylation sites is 1. The first-order chi connectivity index (χ1) is 33.5. The van der Waals surface area contributed by atoms with Gasteiger partial charge in [-0.05, 0) is 129 Å². The molecule has 334 valence electrons. The van der Waals surface area contributed by atoms with Crippen LogP contribution in [0.5, 0.6) is 0 Å². The minimum atomic E-state index is -0.0133. The maximum atomic E-state index is 2.49. The fourth-order valence-electron chi connectivity index (χ4n) is 10.2. The Balaban J connectivity index is 1.15. The van der Waals surface area contributed by atoms with Gasteiger partial charge in [0.1, 0.15) is 0 Å². The van der Waals surface area contributed by atoms with Crippen LogP contribution in [0.1, 0.15) is 52.7 Å². The van der Waals surface area contributed by atoms with E-state index in [1.54, 1.807) is 0 Å². The Hall–Kier alpha value is -8.00. The van der Waals surface area contributed by atoms with E-state index in [0.29, 0.717) is 0 Å². The van der Waals surface area contributed by atoms with E-state index in [2.05, 4.69) is 283 Å². The lowest BCUT2D eigenvalue weighted by molar-refractivity contribution is 0.569. The smallest absolute Gasteiger partial charge is 0.0540 e. The van der Waals surface area contributed by atoms with Crippen molar-refractivity contribution in [3.63, 3.8) is 0 Å². The minimum Gasteiger partial charge on any atom is -0.309 e. The van der Waals surface area contributed by atoms with Gasteiger partial charge in [-0.2, -0.15) is 0 Å². The second kappa shape index (κ2) is 17.6. The first-order valence-electron chi connectivity index (χ1n) is 24.3. The van der Waals surface area contributed by atoms with E-state index in [-0.39, 0.29) is 10.8 Å². The van der Waals surface area contributed by atoms with Crippen LogP contribution in [-0.4, -0.2) is 0 Å². The summed E-state index contributed by atoms with van der Waals surface area (Å²) < 4.78 is 0. The van der Waals surface area contributed by atoms with Gasteiger partial charge in [0.2, 0.25) is 0 Å². The Morgan fingerprint density at radius 3 is 1.51 bits per heavy atom. The molecule has 1 nitrogen and oxygen atoms in total. The van der Waals surface area contributed by atoms with Crippen LogP contribution in [0.3, 0.4) is 0 Å². The summed E-state index contributed by atoms with van der Waals surface area (Å²) in [5.74, 6) is 0. The molecule has 0 bridgehead atoms. The molecule has 0 aliphatic rings. The van der Waals surface area contributed by atoms with Gasteiger partial charge in [-0.1, -0.05) is 248 Å². The van der Waals surface area contributed by atoms with Gasteiger partial charge in [0.15, 0.2) is 0 Å². The summed E-state index contributed by atoms with van der Waals surface area (Å²) in [5, 5.41) is 7.52. The Labute approximate surface area is 408 Å². The highest BCUT2D eigenvalue weighted by molar-refractivity contribution is 6.12. The molecule has 1 heteroatoms. The molecule has 69 heavy (non-hydrogen) atoms. The number of nitrogens with zero attached hydrogens (tertiary/aromatic N) is 1. The molecule has 0 radical (unpaired) electrons. The maximum absolute atomic E-state index is 2.49. The van der Waals surface area contributed by atoms with Crippen molar-refractivity contribution in [3.05, 3.63) is 248 Å². The third kappa shape index (κ3) is 8.29. The molecule has 0 heterocycles.